The Balaban J connectivity index is 1.94. The van der Waals surface area contributed by atoms with Crippen LogP contribution in [-0.2, 0) is 36.2 Å². The second kappa shape index (κ2) is 6.39. The van der Waals surface area contributed by atoms with E-state index < -0.39 is 18.8 Å². The average molecular weight is 340 g/mol. The summed E-state index contributed by atoms with van der Waals surface area (Å²) in [5, 5.41) is 0. The fourth-order valence-electron chi connectivity index (χ4n) is 2.28. The quantitative estimate of drug-likeness (QED) is 0.597. The second-order valence-corrected chi connectivity index (χ2v) is 8.92. The van der Waals surface area contributed by atoms with Crippen LogP contribution in [0.25, 0.3) is 0 Å². The smallest absolute Gasteiger partial charge is 0.332 e. The lowest BCUT2D eigenvalue weighted by Gasteiger charge is -2.29. The highest BCUT2D eigenvalue weighted by Crippen LogP contribution is 2.63. The number of hydrogen-bond donors (Lipinski definition) is 0. The van der Waals surface area contributed by atoms with Gasteiger partial charge in [-0.1, -0.05) is 24.3 Å². The third-order valence-corrected chi connectivity index (χ3v) is 6.56. The molecule has 1 aromatic rings. The maximum absolute atomic E-state index is 12.8. The van der Waals surface area contributed by atoms with Crippen molar-refractivity contribution in [3.8, 4) is 0 Å². The molecule has 0 N–H and O–H groups in total. The second-order valence-electron chi connectivity index (χ2n) is 6.88. The summed E-state index contributed by atoms with van der Waals surface area (Å²) >= 11 is 0. The SMILES string of the molecule is CC(=O)OCc1ccc(CCP2(=O)OC(C)(C)C(C)(C)O2)cc1. The van der Waals surface area contributed by atoms with Crippen LogP contribution in [0.2, 0.25) is 0 Å². The molecule has 0 atom stereocenters. The lowest BCUT2D eigenvalue weighted by molar-refractivity contribution is -0.142. The molecule has 1 saturated heterocycles. The Labute approximate surface area is 137 Å². The Hall–Kier alpha value is -1.16. The molecule has 0 spiro atoms. The minimum absolute atomic E-state index is 0.267. The fraction of sp³-hybridized carbons (Fsp3) is 0.588. The Bertz CT molecular complexity index is 598. The Morgan fingerprint density at radius 1 is 1.04 bits per heavy atom. The Kier molecular flexibility index (Phi) is 5.05. The van der Waals surface area contributed by atoms with Gasteiger partial charge >= 0.3 is 13.6 Å². The van der Waals surface area contributed by atoms with Gasteiger partial charge in [0.1, 0.15) is 17.8 Å². The van der Waals surface area contributed by atoms with Crippen molar-refractivity contribution in [2.75, 3.05) is 6.16 Å². The summed E-state index contributed by atoms with van der Waals surface area (Å²) in [4.78, 5) is 10.8. The molecule has 1 aromatic carbocycles. The van der Waals surface area contributed by atoms with Gasteiger partial charge in [0.2, 0.25) is 0 Å². The van der Waals surface area contributed by atoms with Crippen LogP contribution in [0.3, 0.4) is 0 Å². The molecule has 0 radical (unpaired) electrons. The van der Waals surface area contributed by atoms with Crippen LogP contribution in [0.5, 0.6) is 0 Å². The van der Waals surface area contributed by atoms with Gasteiger partial charge in [0.15, 0.2) is 0 Å². The van der Waals surface area contributed by atoms with E-state index in [1.807, 2.05) is 52.0 Å². The van der Waals surface area contributed by atoms with Crippen molar-refractivity contribution in [3.05, 3.63) is 35.4 Å². The van der Waals surface area contributed by atoms with E-state index in [0.717, 1.165) is 11.1 Å². The highest BCUT2D eigenvalue weighted by Gasteiger charge is 2.54. The fourth-order valence-corrected chi connectivity index (χ4v) is 4.86. The first-order valence-electron chi connectivity index (χ1n) is 7.75. The van der Waals surface area contributed by atoms with E-state index in [2.05, 4.69) is 0 Å². The van der Waals surface area contributed by atoms with Gasteiger partial charge in [-0.05, 0) is 45.2 Å². The minimum Gasteiger partial charge on any atom is -0.461 e. The van der Waals surface area contributed by atoms with E-state index in [4.69, 9.17) is 13.8 Å². The number of benzene rings is 1. The zero-order valence-corrected chi connectivity index (χ0v) is 15.3. The summed E-state index contributed by atoms with van der Waals surface area (Å²) in [5.41, 5.74) is 0.819. The van der Waals surface area contributed by atoms with Crippen molar-refractivity contribution in [1.82, 2.24) is 0 Å². The topological polar surface area (TPSA) is 61.8 Å². The van der Waals surface area contributed by atoms with Crippen molar-refractivity contribution in [2.45, 2.75) is 58.8 Å². The van der Waals surface area contributed by atoms with Crippen LogP contribution in [0.1, 0.15) is 45.7 Å². The van der Waals surface area contributed by atoms with Crippen molar-refractivity contribution in [2.24, 2.45) is 0 Å². The van der Waals surface area contributed by atoms with E-state index in [9.17, 15) is 9.36 Å². The summed E-state index contributed by atoms with van der Waals surface area (Å²) in [5.74, 6) is -0.298. The van der Waals surface area contributed by atoms with Gasteiger partial charge in [-0.15, -0.1) is 0 Å². The standard InChI is InChI=1S/C17H25O5P/c1-13(18)20-12-15-8-6-14(7-9-15)10-11-23(19)21-16(2,3)17(4,5)22-23/h6-9H,10-12H2,1-5H3. The predicted octanol–water partition coefficient (Wildman–Crippen LogP) is 4.09. The van der Waals surface area contributed by atoms with Gasteiger partial charge in [0.25, 0.3) is 0 Å². The summed E-state index contributed by atoms with van der Waals surface area (Å²) in [6, 6.07) is 7.69. The van der Waals surface area contributed by atoms with Crippen LogP contribution in [0.15, 0.2) is 24.3 Å². The highest BCUT2D eigenvalue weighted by molar-refractivity contribution is 7.54. The van der Waals surface area contributed by atoms with Crippen LogP contribution < -0.4 is 0 Å². The number of carbonyl (C=O) groups is 1. The molecule has 1 fully saturated rings. The van der Waals surface area contributed by atoms with E-state index in [-0.39, 0.29) is 12.6 Å². The first-order valence-corrected chi connectivity index (χ1v) is 9.48. The normalized spacial score (nSPS) is 21.1. The molecule has 0 aromatic heterocycles. The number of esters is 1. The molecular formula is C17H25O5P. The molecule has 2 rings (SSSR count). The van der Waals surface area contributed by atoms with E-state index in [0.29, 0.717) is 12.6 Å². The first-order chi connectivity index (χ1) is 10.5. The number of aryl methyl sites for hydroxylation is 1. The van der Waals surface area contributed by atoms with Gasteiger partial charge in [0.05, 0.1) is 6.16 Å². The van der Waals surface area contributed by atoms with Crippen molar-refractivity contribution in [1.29, 1.82) is 0 Å². The zero-order chi connectivity index (χ0) is 17.3. The number of carbonyl (C=O) groups excluding carboxylic acids is 1. The molecule has 1 aliphatic heterocycles. The molecule has 0 saturated carbocycles. The largest absolute Gasteiger partial charge is 0.461 e. The first kappa shape index (κ1) is 18.2. The van der Waals surface area contributed by atoms with E-state index in [1.54, 1.807) is 0 Å². The molecule has 5 nitrogen and oxygen atoms in total. The van der Waals surface area contributed by atoms with Crippen LogP contribution >= 0.6 is 7.60 Å². The van der Waals surface area contributed by atoms with Crippen molar-refractivity contribution in [3.63, 3.8) is 0 Å². The molecule has 0 amide bonds. The van der Waals surface area contributed by atoms with E-state index in [1.165, 1.54) is 6.92 Å². The molecule has 0 bridgehead atoms. The van der Waals surface area contributed by atoms with Gasteiger partial charge in [0, 0.05) is 6.92 Å². The lowest BCUT2D eigenvalue weighted by Crippen LogP contribution is -2.41. The van der Waals surface area contributed by atoms with Gasteiger partial charge in [-0.2, -0.15) is 0 Å². The number of rotatable bonds is 5. The maximum Gasteiger partial charge on any atom is 0.332 e. The van der Waals surface area contributed by atoms with Gasteiger partial charge in [-0.25, -0.2) is 0 Å². The Morgan fingerprint density at radius 3 is 2.00 bits per heavy atom. The predicted molar refractivity (Wildman–Crippen MR) is 88.4 cm³/mol. The van der Waals surface area contributed by atoms with Crippen molar-refractivity contribution >= 4 is 13.6 Å². The molecular weight excluding hydrogens is 315 g/mol. The molecule has 0 aliphatic carbocycles. The molecule has 0 unspecified atom stereocenters. The summed E-state index contributed by atoms with van der Waals surface area (Å²) in [7, 11) is -3.09. The summed E-state index contributed by atoms with van der Waals surface area (Å²) in [6.45, 7) is 9.25. The van der Waals surface area contributed by atoms with Gasteiger partial charge in [-0.3, -0.25) is 18.4 Å². The average Bonchev–Trinajstić information content (AvgIpc) is 2.59. The highest BCUT2D eigenvalue weighted by atomic mass is 31.2. The lowest BCUT2D eigenvalue weighted by atomic mass is 9.90. The van der Waals surface area contributed by atoms with Crippen LogP contribution in [0.4, 0.5) is 0 Å². The number of ether oxygens (including phenoxy) is 1. The zero-order valence-electron chi connectivity index (χ0n) is 14.4. The summed E-state index contributed by atoms with van der Waals surface area (Å²) in [6.07, 6.45) is 0.959. The third kappa shape index (κ3) is 4.43. The third-order valence-electron chi connectivity index (χ3n) is 4.32. The van der Waals surface area contributed by atoms with Crippen molar-refractivity contribution < 1.29 is 23.1 Å². The summed E-state index contributed by atoms with van der Waals surface area (Å²) < 4.78 is 29.2. The number of hydrogen-bond acceptors (Lipinski definition) is 5. The molecule has 6 heteroatoms. The maximum atomic E-state index is 12.8. The van der Waals surface area contributed by atoms with Gasteiger partial charge < -0.3 is 4.74 Å². The monoisotopic (exact) mass is 340 g/mol. The molecule has 1 heterocycles. The minimum atomic E-state index is -3.09. The molecule has 128 valence electrons. The van der Waals surface area contributed by atoms with Crippen LogP contribution in [-0.4, -0.2) is 23.3 Å². The molecule has 23 heavy (non-hydrogen) atoms. The molecule has 1 aliphatic rings. The van der Waals surface area contributed by atoms with Crippen LogP contribution in [0, 0.1) is 0 Å². The van der Waals surface area contributed by atoms with E-state index >= 15 is 0 Å². The Morgan fingerprint density at radius 2 is 1.52 bits per heavy atom.